The first kappa shape index (κ1) is 13.3. The van der Waals surface area contributed by atoms with Gasteiger partial charge in [-0.2, -0.15) is 0 Å². The summed E-state index contributed by atoms with van der Waals surface area (Å²) in [7, 11) is -0.694. The summed E-state index contributed by atoms with van der Waals surface area (Å²) in [6, 6.07) is 1.21. The molecule has 0 saturated carbocycles. The van der Waals surface area contributed by atoms with E-state index in [2.05, 4.69) is 17.1 Å². The van der Waals surface area contributed by atoms with E-state index in [1.54, 1.807) is 0 Å². The molecule has 100 valence electrons. The van der Waals surface area contributed by atoms with Crippen molar-refractivity contribution in [1.29, 1.82) is 0 Å². The predicted molar refractivity (Wildman–Crippen MR) is 69.9 cm³/mol. The Balaban J connectivity index is 1.84. The number of likely N-dealkylation sites (tertiary alicyclic amines) is 1. The second-order valence-corrected chi connectivity index (χ2v) is 7.85. The molecule has 5 heteroatoms. The SMILES string of the molecule is CNC1CCN(CC2CCS(=O)(=O)C2)C(C)C1. The summed E-state index contributed by atoms with van der Waals surface area (Å²) in [5, 5.41) is 3.34. The van der Waals surface area contributed by atoms with Gasteiger partial charge in [-0.25, -0.2) is 8.42 Å². The van der Waals surface area contributed by atoms with Gasteiger partial charge in [-0.05, 0) is 45.7 Å². The Labute approximate surface area is 105 Å². The van der Waals surface area contributed by atoms with E-state index in [0.717, 1.165) is 19.5 Å². The third-order valence-corrected chi connectivity index (χ3v) is 6.08. The molecule has 0 spiro atoms. The normalized spacial score (nSPS) is 38.4. The highest BCUT2D eigenvalue weighted by atomic mass is 32.2. The topological polar surface area (TPSA) is 49.4 Å². The first-order valence-corrected chi connectivity index (χ1v) is 8.44. The van der Waals surface area contributed by atoms with Gasteiger partial charge >= 0.3 is 0 Å². The Morgan fingerprint density at radius 3 is 2.65 bits per heavy atom. The maximum atomic E-state index is 11.4. The van der Waals surface area contributed by atoms with Crippen LogP contribution in [0.3, 0.4) is 0 Å². The van der Waals surface area contributed by atoms with E-state index in [-0.39, 0.29) is 0 Å². The third kappa shape index (κ3) is 3.42. The van der Waals surface area contributed by atoms with Crippen LogP contribution in [0, 0.1) is 5.92 Å². The molecule has 2 aliphatic rings. The van der Waals surface area contributed by atoms with Crippen LogP contribution < -0.4 is 5.32 Å². The van der Waals surface area contributed by atoms with Gasteiger partial charge in [-0.1, -0.05) is 0 Å². The van der Waals surface area contributed by atoms with E-state index in [4.69, 9.17) is 0 Å². The highest BCUT2D eigenvalue weighted by Gasteiger charge is 2.32. The van der Waals surface area contributed by atoms with Crippen LogP contribution in [-0.2, 0) is 9.84 Å². The predicted octanol–water partition coefficient (Wildman–Crippen LogP) is 0.493. The van der Waals surface area contributed by atoms with Crippen molar-refractivity contribution in [2.24, 2.45) is 5.92 Å². The summed E-state index contributed by atoms with van der Waals surface area (Å²) >= 11 is 0. The van der Waals surface area contributed by atoms with Crippen molar-refractivity contribution in [3.8, 4) is 0 Å². The fourth-order valence-corrected chi connectivity index (χ4v) is 4.95. The van der Waals surface area contributed by atoms with Crippen molar-refractivity contribution in [2.45, 2.75) is 38.3 Å². The van der Waals surface area contributed by atoms with E-state index in [1.165, 1.54) is 12.8 Å². The molecule has 2 aliphatic heterocycles. The molecule has 17 heavy (non-hydrogen) atoms. The fraction of sp³-hybridized carbons (Fsp3) is 1.00. The van der Waals surface area contributed by atoms with Crippen LogP contribution in [0.5, 0.6) is 0 Å². The molecule has 0 bridgehead atoms. The van der Waals surface area contributed by atoms with Crippen LogP contribution in [0.25, 0.3) is 0 Å². The van der Waals surface area contributed by atoms with Crippen molar-refractivity contribution in [3.05, 3.63) is 0 Å². The second-order valence-electron chi connectivity index (χ2n) is 5.62. The average Bonchev–Trinajstić information content (AvgIpc) is 2.61. The lowest BCUT2D eigenvalue weighted by molar-refractivity contribution is 0.122. The first-order valence-electron chi connectivity index (χ1n) is 6.62. The van der Waals surface area contributed by atoms with Gasteiger partial charge in [-0.3, -0.25) is 0 Å². The Hall–Kier alpha value is -0.130. The highest BCUT2D eigenvalue weighted by Crippen LogP contribution is 2.24. The molecule has 0 aliphatic carbocycles. The monoisotopic (exact) mass is 260 g/mol. The van der Waals surface area contributed by atoms with Crippen LogP contribution in [0.1, 0.15) is 26.2 Å². The third-order valence-electron chi connectivity index (χ3n) is 4.24. The number of hydrogen-bond acceptors (Lipinski definition) is 4. The van der Waals surface area contributed by atoms with E-state index in [9.17, 15) is 8.42 Å². The number of sulfone groups is 1. The summed E-state index contributed by atoms with van der Waals surface area (Å²) in [4.78, 5) is 2.47. The summed E-state index contributed by atoms with van der Waals surface area (Å²) < 4.78 is 22.9. The highest BCUT2D eigenvalue weighted by molar-refractivity contribution is 7.91. The number of nitrogens with one attached hydrogen (secondary N) is 1. The van der Waals surface area contributed by atoms with Crippen molar-refractivity contribution < 1.29 is 8.42 Å². The quantitative estimate of drug-likeness (QED) is 0.802. The zero-order valence-corrected chi connectivity index (χ0v) is 11.7. The molecule has 0 radical (unpaired) electrons. The standard InChI is InChI=1S/C12H24N2O2S/c1-10-7-12(13-2)3-5-14(10)8-11-4-6-17(15,16)9-11/h10-13H,3-9H2,1-2H3. The van der Waals surface area contributed by atoms with Gasteiger partial charge in [0.05, 0.1) is 11.5 Å². The van der Waals surface area contributed by atoms with E-state index < -0.39 is 9.84 Å². The Morgan fingerprint density at radius 2 is 2.12 bits per heavy atom. The maximum absolute atomic E-state index is 11.4. The maximum Gasteiger partial charge on any atom is 0.150 e. The number of hydrogen-bond donors (Lipinski definition) is 1. The Bertz CT molecular complexity index is 356. The molecule has 2 rings (SSSR count). The van der Waals surface area contributed by atoms with Crippen LogP contribution in [-0.4, -0.2) is 57.0 Å². The molecule has 0 aromatic heterocycles. The molecular weight excluding hydrogens is 236 g/mol. The molecule has 2 fully saturated rings. The molecular formula is C12H24N2O2S. The minimum absolute atomic E-state index is 0.369. The molecule has 0 amide bonds. The van der Waals surface area contributed by atoms with Crippen LogP contribution >= 0.6 is 0 Å². The summed E-state index contributed by atoms with van der Waals surface area (Å²) in [5.74, 6) is 1.18. The van der Waals surface area contributed by atoms with Gasteiger partial charge in [-0.15, -0.1) is 0 Å². The minimum Gasteiger partial charge on any atom is -0.317 e. The molecule has 3 atom stereocenters. The Kier molecular flexibility index (Phi) is 4.10. The lowest BCUT2D eigenvalue weighted by atomic mass is 9.96. The van der Waals surface area contributed by atoms with Crippen molar-refractivity contribution >= 4 is 9.84 Å². The van der Waals surface area contributed by atoms with Gasteiger partial charge in [0.2, 0.25) is 0 Å². The molecule has 4 nitrogen and oxygen atoms in total. The summed E-state index contributed by atoms with van der Waals surface area (Å²) in [6.07, 6.45) is 3.22. The van der Waals surface area contributed by atoms with Crippen molar-refractivity contribution in [3.63, 3.8) is 0 Å². The lowest BCUT2D eigenvalue weighted by Gasteiger charge is -2.38. The lowest BCUT2D eigenvalue weighted by Crippen LogP contribution is -2.48. The zero-order chi connectivity index (χ0) is 12.5. The summed E-state index contributed by atoms with van der Waals surface area (Å²) in [6.45, 7) is 4.33. The molecule has 0 aromatic carbocycles. The second kappa shape index (κ2) is 5.24. The largest absolute Gasteiger partial charge is 0.317 e. The fourth-order valence-electron chi connectivity index (χ4n) is 3.10. The van der Waals surface area contributed by atoms with E-state index in [1.807, 2.05) is 7.05 Å². The molecule has 0 aromatic rings. The smallest absolute Gasteiger partial charge is 0.150 e. The number of piperidine rings is 1. The van der Waals surface area contributed by atoms with Gasteiger partial charge in [0.15, 0.2) is 9.84 Å². The van der Waals surface area contributed by atoms with Gasteiger partial charge in [0.1, 0.15) is 0 Å². The van der Waals surface area contributed by atoms with Gasteiger partial charge < -0.3 is 10.2 Å². The minimum atomic E-state index is -2.72. The van der Waals surface area contributed by atoms with E-state index >= 15 is 0 Å². The first-order chi connectivity index (χ1) is 8.00. The zero-order valence-electron chi connectivity index (χ0n) is 10.9. The number of nitrogens with zero attached hydrogens (tertiary/aromatic N) is 1. The molecule has 2 saturated heterocycles. The molecule has 1 N–H and O–H groups in total. The van der Waals surface area contributed by atoms with Gasteiger partial charge in [0.25, 0.3) is 0 Å². The van der Waals surface area contributed by atoms with Crippen LogP contribution in [0.4, 0.5) is 0 Å². The van der Waals surface area contributed by atoms with Crippen molar-refractivity contribution in [1.82, 2.24) is 10.2 Å². The molecule has 2 heterocycles. The van der Waals surface area contributed by atoms with Gasteiger partial charge in [0, 0.05) is 18.6 Å². The van der Waals surface area contributed by atoms with Crippen LogP contribution in [0.2, 0.25) is 0 Å². The number of rotatable bonds is 3. The van der Waals surface area contributed by atoms with E-state index in [0.29, 0.717) is 29.5 Å². The Morgan fingerprint density at radius 1 is 1.35 bits per heavy atom. The average molecular weight is 260 g/mol. The van der Waals surface area contributed by atoms with Crippen LogP contribution in [0.15, 0.2) is 0 Å². The molecule has 3 unspecified atom stereocenters. The summed E-state index contributed by atoms with van der Waals surface area (Å²) in [5.41, 5.74) is 0. The van der Waals surface area contributed by atoms with Crippen molar-refractivity contribution in [2.75, 3.05) is 31.6 Å².